The van der Waals surface area contributed by atoms with Crippen molar-refractivity contribution in [3.8, 4) is 18.2 Å². The Bertz CT molecular complexity index is 403. The maximum absolute atomic E-state index is 8.58. The highest BCUT2D eigenvalue weighted by Gasteiger charge is 2.19. The van der Waals surface area contributed by atoms with Gasteiger partial charge in [0, 0.05) is 18.1 Å². The topological polar surface area (TPSA) is 144 Å². The number of hydrogen-bond acceptors (Lipinski definition) is 7. The first-order chi connectivity index (χ1) is 9.60. The van der Waals surface area contributed by atoms with E-state index in [0.717, 1.165) is 0 Å². The minimum Gasteiger partial charge on any atom is -0.198 e. The van der Waals surface area contributed by atoms with E-state index in [1.54, 1.807) is 27.7 Å². The third kappa shape index (κ3) is 26.7. The summed E-state index contributed by atoms with van der Waals surface area (Å²) in [6, 6.07) is 5.96. The van der Waals surface area contributed by atoms with E-state index in [2.05, 4.69) is 23.4 Å². The number of hydrogen-bond donors (Lipinski definition) is 0. The molecule has 0 aromatic heterocycles. The molecule has 0 aliphatic heterocycles. The van der Waals surface area contributed by atoms with Crippen LogP contribution in [0, 0.1) is 50.7 Å². The predicted octanol–water partition coefficient (Wildman–Crippen LogP) is 4.29. The van der Waals surface area contributed by atoms with E-state index in [9.17, 15) is 0 Å². The molecule has 0 aliphatic rings. The van der Waals surface area contributed by atoms with Crippen LogP contribution in [-0.4, -0.2) is 11.1 Å². The highest BCUT2D eigenvalue weighted by molar-refractivity contribution is 5.03. The van der Waals surface area contributed by atoms with Gasteiger partial charge in [0.25, 0.3) is 0 Å². The van der Waals surface area contributed by atoms with Crippen molar-refractivity contribution in [2.75, 3.05) is 0 Å². The van der Waals surface area contributed by atoms with Crippen molar-refractivity contribution < 1.29 is 1.43 Å². The average molecular weight is 292 g/mol. The number of azo groups is 1. The van der Waals surface area contributed by atoms with Crippen molar-refractivity contribution in [2.45, 2.75) is 52.6 Å². The first-order valence-corrected chi connectivity index (χ1v) is 5.96. The Labute approximate surface area is 129 Å². The Morgan fingerprint density at radius 2 is 1.05 bits per heavy atom. The molecule has 0 saturated carbocycles. The van der Waals surface area contributed by atoms with Gasteiger partial charge in [0.05, 0.1) is 18.2 Å². The van der Waals surface area contributed by atoms with Gasteiger partial charge in [-0.2, -0.15) is 26.0 Å². The van der Waals surface area contributed by atoms with Gasteiger partial charge in [0.2, 0.25) is 0 Å². The van der Waals surface area contributed by atoms with E-state index in [1.165, 1.54) is 0 Å². The van der Waals surface area contributed by atoms with Crippen molar-refractivity contribution in [3.05, 3.63) is 13.2 Å². The zero-order chi connectivity index (χ0) is 18.1. The molecule has 0 unspecified atom stereocenters. The molecule has 0 aromatic rings. The summed E-state index contributed by atoms with van der Waals surface area (Å²) in [4.78, 5) is 0. The number of rotatable bonds is 2. The molecule has 116 valence electrons. The summed E-state index contributed by atoms with van der Waals surface area (Å²) >= 11 is 0. The molecule has 7 heteroatoms. The van der Waals surface area contributed by atoms with Gasteiger partial charge < -0.3 is 0 Å². The van der Waals surface area contributed by atoms with Crippen LogP contribution in [0.3, 0.4) is 0 Å². The highest BCUT2D eigenvalue weighted by atomic mass is 15.2. The van der Waals surface area contributed by atoms with Crippen LogP contribution in [0.1, 0.15) is 43.0 Å². The molecule has 0 saturated heterocycles. The summed E-state index contributed by atoms with van der Waals surface area (Å²) in [5, 5.41) is 44.6. The molecule has 0 aromatic carbocycles. The third-order valence-electron chi connectivity index (χ3n) is 1.36. The lowest BCUT2D eigenvalue weighted by molar-refractivity contribution is 0.541. The van der Waals surface area contributed by atoms with Crippen molar-refractivity contribution >= 4 is 0 Å². The molecule has 0 atom stereocenters. The van der Waals surface area contributed by atoms with Crippen molar-refractivity contribution in [2.24, 2.45) is 16.1 Å². The molecule has 0 N–H and O–H groups in total. The van der Waals surface area contributed by atoms with Crippen molar-refractivity contribution in [3.63, 3.8) is 0 Å². The van der Waals surface area contributed by atoms with Gasteiger partial charge in [-0.25, -0.2) is 0 Å². The zero-order valence-electron chi connectivity index (χ0n) is 13.6. The maximum Gasteiger partial charge on any atom is 0.162 e. The third-order valence-corrected chi connectivity index (χ3v) is 1.36. The van der Waals surface area contributed by atoms with Gasteiger partial charge in [0.1, 0.15) is 0 Å². The van der Waals surface area contributed by atoms with Gasteiger partial charge in [-0.3, -0.25) is 0 Å². The standard InChI is InChI=1S/C8H12N4.C4H7N.C2H4.N2.H2/c1-7(2,5-9)11-12-8(3,4)6-10;1-4(2)3-5;2*1-2;/h1-4H3;4H,1-2H3;1-2H2;;1H/i;;;;1+1. The van der Waals surface area contributed by atoms with Crippen molar-refractivity contribution in [1.82, 2.24) is 0 Å². The van der Waals surface area contributed by atoms with Crippen LogP contribution < -0.4 is 0 Å². The average Bonchev–Trinajstić information content (AvgIpc) is 2.50. The highest BCUT2D eigenvalue weighted by Crippen LogP contribution is 2.13. The molecule has 0 spiro atoms. The summed E-state index contributed by atoms with van der Waals surface area (Å²) in [7, 11) is 0. The summed E-state index contributed by atoms with van der Waals surface area (Å²) in [6.07, 6.45) is 0. The van der Waals surface area contributed by atoms with E-state index in [-0.39, 0.29) is 7.34 Å². The lowest BCUT2D eigenvalue weighted by Gasteiger charge is -2.11. The summed E-state index contributed by atoms with van der Waals surface area (Å²) in [5.41, 5.74) is -1.68. The molecule has 0 rings (SSSR count). The fourth-order valence-electron chi connectivity index (χ4n) is 0.295. The molecule has 7 nitrogen and oxygen atoms in total. The Hall–Kier alpha value is -2.77. The van der Waals surface area contributed by atoms with Gasteiger partial charge in [-0.05, 0) is 41.5 Å². The molecule has 0 bridgehead atoms. The summed E-state index contributed by atoms with van der Waals surface area (Å²) < 4.78 is 0. The zero-order valence-corrected chi connectivity index (χ0v) is 13.6. The molecule has 0 fully saturated rings. The van der Waals surface area contributed by atoms with Gasteiger partial charge in [0.15, 0.2) is 11.1 Å². The summed E-state index contributed by atoms with van der Waals surface area (Å²) in [6.45, 7) is 16.3. The molecule has 21 heavy (non-hydrogen) atoms. The van der Waals surface area contributed by atoms with Crippen LogP contribution in [0.25, 0.3) is 0 Å². The predicted molar refractivity (Wildman–Crippen MR) is 81.5 cm³/mol. The fourth-order valence-corrected chi connectivity index (χ4v) is 0.295. The number of nitriles is 3. The van der Waals surface area contributed by atoms with Gasteiger partial charge in [-0.15, -0.1) is 13.2 Å². The molecule has 0 heterocycles. The lowest BCUT2D eigenvalue weighted by atomic mass is 10.1. The Kier molecular flexibility index (Phi) is 19.5. The quantitative estimate of drug-likeness (QED) is 0.423. The van der Waals surface area contributed by atoms with Crippen molar-refractivity contribution in [1.29, 1.82) is 26.6 Å². The minimum absolute atomic E-state index is 0. The Morgan fingerprint density at radius 1 is 0.857 bits per heavy atom. The molecule has 0 amide bonds. The SMILES string of the molecule is C=C.CC(C)(C#N)N=NC(C)(C)C#N.CC(C)C#N.N#N.[2HH]. The summed E-state index contributed by atoms with van der Waals surface area (Å²) in [5.74, 6) is 0.190. The van der Waals surface area contributed by atoms with Crippen LogP contribution in [-0.2, 0) is 0 Å². The molecular weight excluding hydrogens is 266 g/mol. The first kappa shape index (κ1) is 26.7. The first-order valence-electron chi connectivity index (χ1n) is 5.96. The lowest BCUT2D eigenvalue weighted by Crippen LogP contribution is -2.17. The smallest absolute Gasteiger partial charge is 0.162 e. The van der Waals surface area contributed by atoms with E-state index >= 15 is 0 Å². The largest absolute Gasteiger partial charge is 0.198 e. The molecule has 0 aliphatic carbocycles. The second kappa shape index (κ2) is 15.3. The Balaban J connectivity index is -0.0000000813. The Morgan fingerprint density at radius 3 is 1.14 bits per heavy atom. The van der Waals surface area contributed by atoms with Gasteiger partial charge in [-0.1, -0.05) is 0 Å². The van der Waals surface area contributed by atoms with Crippen LogP contribution in [0.2, 0.25) is 0 Å². The fraction of sp³-hybridized carbons (Fsp3) is 0.643. The van der Waals surface area contributed by atoms with Crippen LogP contribution >= 0.6 is 0 Å². The van der Waals surface area contributed by atoms with E-state index < -0.39 is 11.1 Å². The monoisotopic (exact) mass is 292 g/mol. The minimum atomic E-state index is -0.839. The second-order valence-electron chi connectivity index (χ2n) is 4.83. The number of nitrogens with zero attached hydrogens (tertiary/aromatic N) is 7. The van der Waals surface area contributed by atoms with E-state index in [4.69, 9.17) is 26.6 Å². The van der Waals surface area contributed by atoms with Crippen LogP contribution in [0.15, 0.2) is 23.4 Å². The second-order valence-corrected chi connectivity index (χ2v) is 4.83. The molecule has 0 radical (unpaired) electrons. The maximum atomic E-state index is 8.58. The molecular formula is C14H25N7. The van der Waals surface area contributed by atoms with Crippen LogP contribution in [0.5, 0.6) is 0 Å². The van der Waals surface area contributed by atoms with Gasteiger partial charge >= 0.3 is 0 Å². The van der Waals surface area contributed by atoms with E-state index in [0.29, 0.717) is 0 Å². The normalized spacial score (nSPS) is 9.24. The van der Waals surface area contributed by atoms with E-state index in [1.807, 2.05) is 32.1 Å². The van der Waals surface area contributed by atoms with Crippen LogP contribution in [0.4, 0.5) is 0 Å².